The quantitative estimate of drug-likeness (QED) is 0.361. The molecule has 1 atom stereocenters. The molecule has 39 heavy (non-hydrogen) atoms. The number of amides is 2. The van der Waals surface area contributed by atoms with Crippen molar-refractivity contribution in [2.24, 2.45) is 0 Å². The van der Waals surface area contributed by atoms with Crippen molar-refractivity contribution in [2.45, 2.75) is 64.5 Å². The molecule has 1 saturated heterocycles. The van der Waals surface area contributed by atoms with Gasteiger partial charge in [0.05, 0.1) is 12.1 Å². The van der Waals surface area contributed by atoms with Crippen LogP contribution in [0.5, 0.6) is 5.75 Å². The first kappa shape index (κ1) is 28.2. The number of nitrogens with one attached hydrogen (secondary N) is 2. The first-order valence-corrected chi connectivity index (χ1v) is 13.3. The zero-order valence-corrected chi connectivity index (χ0v) is 23.1. The summed E-state index contributed by atoms with van der Waals surface area (Å²) in [4.78, 5) is 35.9. The van der Waals surface area contributed by atoms with Crippen molar-refractivity contribution < 1.29 is 19.4 Å². The maximum Gasteiger partial charge on any atom is 0.410 e. The number of hydrogen-bond donors (Lipinski definition) is 3. The van der Waals surface area contributed by atoms with Gasteiger partial charge in [0, 0.05) is 36.4 Å². The Morgan fingerprint density at radius 1 is 1.23 bits per heavy atom. The number of halogens is 1. The highest BCUT2D eigenvalue weighted by Gasteiger charge is 2.30. The van der Waals surface area contributed by atoms with Crippen LogP contribution in [0.3, 0.4) is 0 Å². The van der Waals surface area contributed by atoms with Crippen LogP contribution in [0, 0.1) is 0 Å². The topological polar surface area (TPSA) is 134 Å². The van der Waals surface area contributed by atoms with E-state index in [9.17, 15) is 14.7 Å². The van der Waals surface area contributed by atoms with Crippen molar-refractivity contribution in [3.63, 3.8) is 0 Å². The van der Waals surface area contributed by atoms with E-state index in [0.717, 1.165) is 19.3 Å². The van der Waals surface area contributed by atoms with E-state index in [0.29, 0.717) is 41.6 Å². The molecule has 0 bridgehead atoms. The number of carbonyl (C=O) groups excluding carboxylic acids is 2. The van der Waals surface area contributed by atoms with E-state index in [1.165, 1.54) is 24.9 Å². The molecule has 1 unspecified atom stereocenters. The summed E-state index contributed by atoms with van der Waals surface area (Å²) in [5.41, 5.74) is 0.932. The lowest BCUT2D eigenvalue weighted by Crippen LogP contribution is -2.46. The number of hydrogen-bond acceptors (Lipinski definition) is 8. The van der Waals surface area contributed by atoms with Crippen molar-refractivity contribution in [1.29, 1.82) is 0 Å². The molecular formula is C27H34ClN7O4. The number of nitrogens with zero attached hydrogens (tertiary/aromatic N) is 5. The number of aromatic hydroxyl groups is 1. The third-order valence-electron chi connectivity index (χ3n) is 6.28. The second-order valence-electron chi connectivity index (χ2n) is 10.4. The summed E-state index contributed by atoms with van der Waals surface area (Å²) in [6, 6.07) is 6.60. The van der Waals surface area contributed by atoms with E-state index in [4.69, 9.17) is 16.3 Å². The molecule has 4 rings (SSSR count). The van der Waals surface area contributed by atoms with Crippen LogP contribution in [0.1, 0.15) is 52.0 Å². The molecule has 3 N–H and O–H groups in total. The Morgan fingerprint density at radius 3 is 2.79 bits per heavy atom. The summed E-state index contributed by atoms with van der Waals surface area (Å²) in [7, 11) is 0. The molecule has 0 spiro atoms. The highest BCUT2D eigenvalue weighted by molar-refractivity contribution is 6.30. The molecule has 2 amide bonds. The fourth-order valence-electron chi connectivity index (χ4n) is 4.54. The molecule has 0 saturated carbocycles. The zero-order valence-electron chi connectivity index (χ0n) is 22.4. The Bertz CT molecular complexity index is 1290. The van der Waals surface area contributed by atoms with Crippen LogP contribution in [0.2, 0.25) is 5.02 Å². The number of benzene rings is 1. The second-order valence-corrected chi connectivity index (χ2v) is 10.9. The van der Waals surface area contributed by atoms with Gasteiger partial charge >= 0.3 is 6.09 Å². The van der Waals surface area contributed by atoms with Gasteiger partial charge in [-0.2, -0.15) is 5.10 Å². The average molecular weight is 556 g/mol. The average Bonchev–Trinajstić information content (AvgIpc) is 3.40. The highest BCUT2D eigenvalue weighted by Crippen LogP contribution is 2.31. The largest absolute Gasteiger partial charge is 0.506 e. The normalized spacial score (nSPS) is 15.6. The Labute approximate surface area is 232 Å². The number of carbonyl (C=O) groups is 2. The molecular weight excluding hydrogens is 522 g/mol. The Hall–Kier alpha value is -3.86. The minimum Gasteiger partial charge on any atom is -0.506 e. The van der Waals surface area contributed by atoms with Crippen LogP contribution in [0.25, 0.3) is 5.69 Å². The molecule has 12 heteroatoms. The number of piperidine rings is 1. The van der Waals surface area contributed by atoms with Gasteiger partial charge in [0.25, 0.3) is 0 Å². The van der Waals surface area contributed by atoms with Gasteiger partial charge in [0.1, 0.15) is 29.7 Å². The van der Waals surface area contributed by atoms with Crippen molar-refractivity contribution in [3.8, 4) is 11.4 Å². The van der Waals surface area contributed by atoms with Gasteiger partial charge < -0.3 is 25.4 Å². The van der Waals surface area contributed by atoms with Crippen molar-refractivity contribution in [2.75, 3.05) is 23.7 Å². The SMILES string of the molecule is CC(C)(C)OC(=O)N1CCCCC1CCNc1nccc(O)c1NC(=O)Cc1cc(Cl)ccc1-n1cncn1. The molecule has 3 heterocycles. The second kappa shape index (κ2) is 12.3. The van der Waals surface area contributed by atoms with Gasteiger partial charge in [-0.3, -0.25) is 4.79 Å². The van der Waals surface area contributed by atoms with Crippen LogP contribution in [-0.4, -0.2) is 66.5 Å². The number of ether oxygens (including phenoxy) is 1. The molecule has 1 fully saturated rings. The standard InChI is InChI=1S/C27H34ClN7O4/c1-27(2,3)39-26(38)34-13-5-4-6-20(34)9-11-30-25-24(22(36)10-12-31-25)33-23(37)15-18-14-19(28)7-8-21(18)35-17-29-16-32-35/h7-8,10,12,14,16-17,20H,4-6,9,11,13,15H2,1-3H3,(H,33,37)(H2,30,31,36). The molecule has 0 aliphatic carbocycles. The van der Waals surface area contributed by atoms with Gasteiger partial charge in [-0.25, -0.2) is 19.4 Å². The van der Waals surface area contributed by atoms with Crippen LogP contribution in [-0.2, 0) is 16.0 Å². The van der Waals surface area contributed by atoms with E-state index in [1.54, 1.807) is 27.8 Å². The number of pyridine rings is 1. The minimum atomic E-state index is -0.558. The third-order valence-corrected chi connectivity index (χ3v) is 6.51. The summed E-state index contributed by atoms with van der Waals surface area (Å²) in [6.07, 6.45) is 7.60. The fourth-order valence-corrected chi connectivity index (χ4v) is 4.73. The van der Waals surface area contributed by atoms with Crippen molar-refractivity contribution >= 4 is 35.1 Å². The minimum absolute atomic E-state index is 0.0174. The molecule has 1 aliphatic rings. The number of anilines is 2. The maximum absolute atomic E-state index is 13.0. The Balaban J connectivity index is 1.41. The number of aromatic nitrogens is 4. The van der Waals surface area contributed by atoms with E-state index in [1.807, 2.05) is 20.8 Å². The lowest BCUT2D eigenvalue weighted by molar-refractivity contribution is -0.115. The fraction of sp³-hybridized carbons (Fsp3) is 0.444. The van der Waals surface area contributed by atoms with Crippen molar-refractivity contribution in [3.05, 3.63) is 53.7 Å². The molecule has 2 aromatic heterocycles. The number of likely N-dealkylation sites (tertiary alicyclic amines) is 1. The van der Waals surface area contributed by atoms with Crippen LogP contribution >= 0.6 is 11.6 Å². The molecule has 0 radical (unpaired) electrons. The van der Waals surface area contributed by atoms with Gasteiger partial charge in [0.15, 0.2) is 5.82 Å². The summed E-state index contributed by atoms with van der Waals surface area (Å²) in [5, 5.41) is 21.1. The van der Waals surface area contributed by atoms with Crippen molar-refractivity contribution in [1.82, 2.24) is 24.6 Å². The zero-order chi connectivity index (χ0) is 28.0. The first-order chi connectivity index (χ1) is 18.6. The highest BCUT2D eigenvalue weighted by atomic mass is 35.5. The summed E-state index contributed by atoms with van der Waals surface area (Å²) in [6.45, 7) is 6.71. The molecule has 11 nitrogen and oxygen atoms in total. The van der Waals surface area contributed by atoms with Gasteiger partial charge in [-0.15, -0.1) is 0 Å². The monoisotopic (exact) mass is 555 g/mol. The van der Waals surface area contributed by atoms with E-state index in [-0.39, 0.29) is 35.9 Å². The van der Waals surface area contributed by atoms with E-state index >= 15 is 0 Å². The smallest absolute Gasteiger partial charge is 0.410 e. The predicted octanol–water partition coefficient (Wildman–Crippen LogP) is 4.79. The van der Waals surface area contributed by atoms with Gasteiger partial charge in [-0.05, 0) is 70.2 Å². The van der Waals surface area contributed by atoms with Crippen LogP contribution < -0.4 is 10.6 Å². The molecule has 3 aromatic rings. The lowest BCUT2D eigenvalue weighted by atomic mass is 10.00. The Kier molecular flexibility index (Phi) is 8.90. The number of rotatable bonds is 8. The van der Waals surface area contributed by atoms with E-state index in [2.05, 4.69) is 25.7 Å². The van der Waals surface area contributed by atoms with E-state index < -0.39 is 5.60 Å². The van der Waals surface area contributed by atoms with Gasteiger partial charge in [-0.1, -0.05) is 11.6 Å². The summed E-state index contributed by atoms with van der Waals surface area (Å²) in [5.74, 6) is -0.143. The summed E-state index contributed by atoms with van der Waals surface area (Å²) >= 11 is 6.19. The molecule has 1 aliphatic heterocycles. The van der Waals surface area contributed by atoms with Crippen LogP contribution in [0.15, 0.2) is 43.1 Å². The lowest BCUT2D eigenvalue weighted by Gasteiger charge is -2.37. The third kappa shape index (κ3) is 7.60. The molecule has 208 valence electrons. The predicted molar refractivity (Wildman–Crippen MR) is 148 cm³/mol. The Morgan fingerprint density at radius 2 is 2.05 bits per heavy atom. The maximum atomic E-state index is 13.0. The van der Waals surface area contributed by atoms with Gasteiger partial charge in [0.2, 0.25) is 5.91 Å². The first-order valence-electron chi connectivity index (χ1n) is 13.0. The summed E-state index contributed by atoms with van der Waals surface area (Å²) < 4.78 is 7.15. The molecule has 1 aromatic carbocycles. The van der Waals surface area contributed by atoms with Crippen LogP contribution in [0.4, 0.5) is 16.3 Å².